The van der Waals surface area contributed by atoms with Crippen LogP contribution in [0, 0.1) is 13.8 Å². The summed E-state index contributed by atoms with van der Waals surface area (Å²) in [6.45, 7) is 4.44. The van der Waals surface area contributed by atoms with Crippen molar-refractivity contribution in [2.24, 2.45) is 0 Å². The van der Waals surface area contributed by atoms with Crippen LogP contribution >= 0.6 is 11.3 Å². The third-order valence-electron chi connectivity index (χ3n) is 5.63. The average molecular weight is 431 g/mol. The Morgan fingerprint density at radius 1 is 1.10 bits per heavy atom. The van der Waals surface area contributed by atoms with Gasteiger partial charge in [0.2, 0.25) is 5.91 Å². The van der Waals surface area contributed by atoms with E-state index >= 15 is 0 Å². The van der Waals surface area contributed by atoms with E-state index in [1.807, 2.05) is 56.3 Å². The second kappa shape index (κ2) is 7.74. The van der Waals surface area contributed by atoms with Gasteiger partial charge in [-0.05, 0) is 38.3 Å². The molecule has 0 unspecified atom stereocenters. The van der Waals surface area contributed by atoms with E-state index in [0.717, 1.165) is 44.9 Å². The maximum atomic E-state index is 13.2. The van der Waals surface area contributed by atoms with Crippen LogP contribution in [0.1, 0.15) is 22.6 Å². The molecule has 0 radical (unpaired) electrons. The maximum Gasteiger partial charge on any atom is 0.294 e. The molecular weight excluding hydrogens is 408 g/mol. The first-order valence-electron chi connectivity index (χ1n) is 10.3. The Kier molecular flexibility index (Phi) is 4.90. The number of hydrogen-bond donors (Lipinski definition) is 0. The van der Waals surface area contributed by atoms with E-state index < -0.39 is 0 Å². The quantitative estimate of drug-likeness (QED) is 0.490. The van der Waals surface area contributed by atoms with Gasteiger partial charge in [-0.25, -0.2) is 9.67 Å². The molecule has 0 N–H and O–H groups in total. The van der Waals surface area contributed by atoms with Crippen molar-refractivity contribution in [3.63, 3.8) is 0 Å². The predicted octanol–water partition coefficient (Wildman–Crippen LogP) is 4.12. The van der Waals surface area contributed by atoms with Crippen molar-refractivity contribution in [2.45, 2.75) is 33.2 Å². The monoisotopic (exact) mass is 430 g/mol. The fraction of sp³-hybridized carbons (Fsp3) is 0.250. The fourth-order valence-corrected chi connectivity index (χ4v) is 5.00. The molecule has 0 bridgehead atoms. The molecule has 0 saturated carbocycles. The Bertz CT molecular complexity index is 1350. The Balaban J connectivity index is 1.58. The van der Waals surface area contributed by atoms with Crippen LogP contribution in [-0.2, 0) is 17.8 Å². The Morgan fingerprint density at radius 3 is 2.68 bits per heavy atom. The standard InChI is InChI=1S/C24H22N4O2S/c1-15-9-11-18(12-10-15)21-23-22(25-16(2)31-23)24(30)28(26-21)14-20(29)27-13-5-7-17-6-3-4-8-19(17)27/h3-4,6,8-12H,5,7,13-14H2,1-2H3. The smallest absolute Gasteiger partial charge is 0.294 e. The van der Waals surface area contributed by atoms with Crippen molar-refractivity contribution in [3.8, 4) is 11.3 Å². The van der Waals surface area contributed by atoms with Gasteiger partial charge in [-0.15, -0.1) is 11.3 Å². The molecule has 0 spiro atoms. The first-order valence-corrected chi connectivity index (χ1v) is 11.2. The van der Waals surface area contributed by atoms with Gasteiger partial charge in [0.25, 0.3) is 5.56 Å². The summed E-state index contributed by atoms with van der Waals surface area (Å²) in [4.78, 5) is 32.6. The molecule has 0 atom stereocenters. The van der Waals surface area contributed by atoms with Crippen molar-refractivity contribution >= 4 is 33.1 Å². The summed E-state index contributed by atoms with van der Waals surface area (Å²) in [5.74, 6) is -0.136. The van der Waals surface area contributed by atoms with Crippen molar-refractivity contribution in [1.29, 1.82) is 0 Å². The average Bonchev–Trinajstić information content (AvgIpc) is 3.18. The number of rotatable bonds is 3. The summed E-state index contributed by atoms with van der Waals surface area (Å²) in [5, 5.41) is 5.43. The Labute approximate surface area is 183 Å². The SMILES string of the molecule is Cc1ccc(-c2nn(CC(=O)N3CCCc4ccccc43)c(=O)c3nc(C)sc23)cc1. The third-order valence-corrected chi connectivity index (χ3v) is 6.61. The van der Waals surface area contributed by atoms with Crippen molar-refractivity contribution in [3.05, 3.63) is 75.0 Å². The van der Waals surface area contributed by atoms with Crippen molar-refractivity contribution in [1.82, 2.24) is 14.8 Å². The number of thiazole rings is 1. The number of nitrogens with zero attached hydrogens (tertiary/aromatic N) is 4. The van der Waals surface area contributed by atoms with Crippen molar-refractivity contribution in [2.75, 3.05) is 11.4 Å². The van der Waals surface area contributed by atoms with Gasteiger partial charge in [0.05, 0.1) is 9.71 Å². The van der Waals surface area contributed by atoms with Gasteiger partial charge in [0, 0.05) is 17.8 Å². The number of para-hydroxylation sites is 1. The first-order chi connectivity index (χ1) is 15.0. The van der Waals surface area contributed by atoms with E-state index in [1.54, 1.807) is 4.90 Å². The second-order valence-electron chi connectivity index (χ2n) is 7.87. The van der Waals surface area contributed by atoms with Gasteiger partial charge in [0.15, 0.2) is 5.52 Å². The van der Waals surface area contributed by atoms with Gasteiger partial charge in [-0.3, -0.25) is 9.59 Å². The van der Waals surface area contributed by atoms with E-state index in [2.05, 4.69) is 16.1 Å². The summed E-state index contributed by atoms with van der Waals surface area (Å²) in [6, 6.07) is 16.0. The lowest BCUT2D eigenvalue weighted by Gasteiger charge is -2.29. The molecule has 0 saturated heterocycles. The van der Waals surface area contributed by atoms with Gasteiger partial charge in [0.1, 0.15) is 12.2 Å². The molecular formula is C24H22N4O2S. The minimum absolute atomic E-state index is 0.113. The highest BCUT2D eigenvalue weighted by atomic mass is 32.1. The van der Waals surface area contributed by atoms with Crippen LogP contribution in [-0.4, -0.2) is 27.2 Å². The van der Waals surface area contributed by atoms with Crippen molar-refractivity contribution < 1.29 is 4.79 Å². The number of amides is 1. The topological polar surface area (TPSA) is 68.1 Å². The van der Waals surface area contributed by atoms with E-state index in [0.29, 0.717) is 17.8 Å². The molecule has 2 aromatic carbocycles. The lowest BCUT2D eigenvalue weighted by Crippen LogP contribution is -2.40. The predicted molar refractivity (Wildman–Crippen MR) is 124 cm³/mol. The number of anilines is 1. The van der Waals surface area contributed by atoms with Crippen LogP contribution in [0.4, 0.5) is 5.69 Å². The molecule has 156 valence electrons. The normalized spacial score (nSPS) is 13.4. The largest absolute Gasteiger partial charge is 0.311 e. The Hall–Kier alpha value is -3.32. The molecule has 1 amide bonds. The third kappa shape index (κ3) is 3.55. The summed E-state index contributed by atoms with van der Waals surface area (Å²) in [7, 11) is 0. The summed E-state index contributed by atoms with van der Waals surface area (Å²) in [5.41, 5.74) is 4.88. The fourth-order valence-electron chi connectivity index (χ4n) is 4.08. The molecule has 5 rings (SSSR count). The first kappa shape index (κ1) is 19.6. The Morgan fingerprint density at radius 2 is 1.87 bits per heavy atom. The highest BCUT2D eigenvalue weighted by Gasteiger charge is 2.24. The number of aromatic nitrogens is 3. The molecule has 1 aliphatic heterocycles. The number of hydrogen-bond acceptors (Lipinski definition) is 5. The van der Waals surface area contributed by atoms with E-state index in [9.17, 15) is 9.59 Å². The van der Waals surface area contributed by atoms with E-state index in [1.165, 1.54) is 16.0 Å². The second-order valence-corrected chi connectivity index (χ2v) is 9.07. The summed E-state index contributed by atoms with van der Waals surface area (Å²) >= 11 is 1.46. The molecule has 7 heteroatoms. The zero-order chi connectivity index (χ0) is 21.5. The highest BCUT2D eigenvalue weighted by molar-refractivity contribution is 7.19. The molecule has 31 heavy (non-hydrogen) atoms. The van der Waals surface area contributed by atoms with E-state index in [4.69, 9.17) is 0 Å². The summed E-state index contributed by atoms with van der Waals surface area (Å²) in [6.07, 6.45) is 1.86. The van der Waals surface area contributed by atoms with Gasteiger partial charge in [-0.2, -0.15) is 5.10 Å². The van der Waals surface area contributed by atoms with Gasteiger partial charge in [-0.1, -0.05) is 48.0 Å². The van der Waals surface area contributed by atoms with Crippen LogP contribution < -0.4 is 10.5 Å². The molecule has 0 fully saturated rings. The number of carbonyl (C=O) groups excluding carboxylic acids is 1. The minimum atomic E-state index is -0.325. The molecule has 3 heterocycles. The van der Waals surface area contributed by atoms with Crippen LogP contribution in [0.5, 0.6) is 0 Å². The van der Waals surface area contributed by atoms with Crippen LogP contribution in [0.2, 0.25) is 0 Å². The zero-order valence-electron chi connectivity index (χ0n) is 17.5. The van der Waals surface area contributed by atoms with Gasteiger partial charge < -0.3 is 4.90 Å². The zero-order valence-corrected chi connectivity index (χ0v) is 18.3. The number of aryl methyl sites for hydroxylation is 3. The molecule has 0 aliphatic carbocycles. The number of benzene rings is 2. The summed E-state index contributed by atoms with van der Waals surface area (Å²) < 4.78 is 2.04. The van der Waals surface area contributed by atoms with Crippen LogP contribution in [0.3, 0.4) is 0 Å². The number of fused-ring (bicyclic) bond motifs is 2. The highest BCUT2D eigenvalue weighted by Crippen LogP contribution is 2.30. The number of carbonyl (C=O) groups is 1. The van der Waals surface area contributed by atoms with Crippen LogP contribution in [0.25, 0.3) is 21.5 Å². The maximum absolute atomic E-state index is 13.2. The van der Waals surface area contributed by atoms with Gasteiger partial charge >= 0.3 is 0 Å². The lowest BCUT2D eigenvalue weighted by molar-refractivity contribution is -0.119. The molecule has 4 aromatic rings. The van der Waals surface area contributed by atoms with E-state index in [-0.39, 0.29) is 18.0 Å². The van der Waals surface area contributed by atoms with Crippen LogP contribution in [0.15, 0.2) is 53.3 Å². The minimum Gasteiger partial charge on any atom is -0.311 e. The molecule has 1 aliphatic rings. The lowest BCUT2D eigenvalue weighted by atomic mass is 10.0. The molecule has 6 nitrogen and oxygen atoms in total. The molecule has 2 aromatic heterocycles.